The summed E-state index contributed by atoms with van der Waals surface area (Å²) in [6.45, 7) is 2.86. The van der Waals surface area contributed by atoms with E-state index in [9.17, 15) is 14.4 Å². The third-order valence-electron chi connectivity index (χ3n) is 5.70. The van der Waals surface area contributed by atoms with Gasteiger partial charge in [0.25, 0.3) is 11.5 Å². The molecule has 0 spiro atoms. The van der Waals surface area contributed by atoms with Gasteiger partial charge in [0.05, 0.1) is 25.4 Å². The van der Waals surface area contributed by atoms with Gasteiger partial charge in [-0.15, -0.1) is 0 Å². The molecule has 1 saturated heterocycles. The lowest BCUT2D eigenvalue weighted by molar-refractivity contribution is 0.0849. The maximum atomic E-state index is 13.3. The molecule has 9 heteroatoms. The molecule has 1 aliphatic heterocycles. The molecular weight excluding hydrogens is 424 g/mol. The number of rotatable bonds is 7. The quantitative estimate of drug-likeness (QED) is 0.587. The fourth-order valence-corrected chi connectivity index (χ4v) is 3.74. The van der Waals surface area contributed by atoms with Crippen LogP contribution in [0.1, 0.15) is 34.5 Å². The molecular formula is C24H26N4O5. The van der Waals surface area contributed by atoms with E-state index in [1.54, 1.807) is 24.3 Å². The fourth-order valence-electron chi connectivity index (χ4n) is 3.74. The molecule has 1 aromatic heterocycles. The highest BCUT2D eigenvalue weighted by atomic mass is 16.5. The summed E-state index contributed by atoms with van der Waals surface area (Å²) in [7, 11) is 1.54. The topological polar surface area (TPSA) is 104 Å². The van der Waals surface area contributed by atoms with Crippen LogP contribution in [0, 0.1) is 6.92 Å². The molecule has 0 saturated carbocycles. The zero-order chi connectivity index (χ0) is 23.4. The third-order valence-corrected chi connectivity index (χ3v) is 5.70. The first-order chi connectivity index (χ1) is 16.0. The van der Waals surface area contributed by atoms with Crippen molar-refractivity contribution in [1.82, 2.24) is 19.7 Å². The molecule has 3 aromatic rings. The smallest absolute Gasteiger partial charge is 0.352 e. The van der Waals surface area contributed by atoms with Gasteiger partial charge in [-0.2, -0.15) is 9.78 Å². The maximum Gasteiger partial charge on any atom is 0.352 e. The van der Waals surface area contributed by atoms with Crippen molar-refractivity contribution >= 4 is 5.91 Å². The maximum absolute atomic E-state index is 13.3. The molecule has 33 heavy (non-hydrogen) atoms. The summed E-state index contributed by atoms with van der Waals surface area (Å²) in [5, 5.41) is 6.87. The van der Waals surface area contributed by atoms with Gasteiger partial charge in [0, 0.05) is 13.2 Å². The van der Waals surface area contributed by atoms with Gasteiger partial charge >= 0.3 is 5.69 Å². The average molecular weight is 450 g/mol. The Morgan fingerprint density at radius 2 is 1.94 bits per heavy atom. The Hall–Kier alpha value is -3.72. The SMILES string of the molecule is COc1ccc(-n2nc(C(=O)NC[C@@H]3CCCO3)c(=O)n(Cc3ccccc3C)c2=O)cc1. The zero-order valence-electron chi connectivity index (χ0n) is 18.6. The number of nitrogens with zero attached hydrogens (tertiary/aromatic N) is 3. The van der Waals surface area contributed by atoms with Crippen LogP contribution in [0.25, 0.3) is 5.69 Å². The van der Waals surface area contributed by atoms with E-state index in [4.69, 9.17) is 9.47 Å². The van der Waals surface area contributed by atoms with Crippen molar-refractivity contribution in [3.8, 4) is 11.4 Å². The largest absolute Gasteiger partial charge is 0.497 e. The summed E-state index contributed by atoms with van der Waals surface area (Å²) in [5.74, 6) is -0.0362. The molecule has 1 atom stereocenters. The van der Waals surface area contributed by atoms with Gasteiger partial charge < -0.3 is 14.8 Å². The number of ether oxygens (including phenoxy) is 2. The first kappa shape index (κ1) is 22.5. The standard InChI is InChI=1S/C24H26N4O5/c1-16-6-3-4-7-17(16)15-27-23(30)21(22(29)25-14-20-8-5-13-33-20)26-28(24(27)31)18-9-11-19(32-2)12-10-18/h3-4,6-7,9-12,20H,5,8,13-15H2,1-2H3,(H,25,29)/t20-/m0/s1. The van der Waals surface area contributed by atoms with Crippen LogP contribution in [-0.2, 0) is 11.3 Å². The number of hydrogen-bond donors (Lipinski definition) is 1. The molecule has 1 amide bonds. The van der Waals surface area contributed by atoms with Crippen molar-refractivity contribution < 1.29 is 14.3 Å². The fraction of sp³-hybridized carbons (Fsp3) is 0.333. The predicted octanol–water partition coefficient (Wildman–Crippen LogP) is 1.67. The monoisotopic (exact) mass is 450 g/mol. The summed E-state index contributed by atoms with van der Waals surface area (Å²) in [6, 6.07) is 14.1. The van der Waals surface area contributed by atoms with Gasteiger partial charge in [-0.3, -0.25) is 14.2 Å². The first-order valence-electron chi connectivity index (χ1n) is 10.8. The minimum atomic E-state index is -0.738. The van der Waals surface area contributed by atoms with E-state index in [0.717, 1.165) is 33.2 Å². The molecule has 2 aromatic carbocycles. The lowest BCUT2D eigenvalue weighted by Gasteiger charge is -2.14. The molecule has 0 radical (unpaired) electrons. The Labute approximate surface area is 190 Å². The molecule has 9 nitrogen and oxygen atoms in total. The number of aryl methyl sites for hydroxylation is 1. The molecule has 0 aliphatic carbocycles. The molecule has 1 N–H and O–H groups in total. The summed E-state index contributed by atoms with van der Waals surface area (Å²) >= 11 is 0. The lowest BCUT2D eigenvalue weighted by atomic mass is 10.1. The lowest BCUT2D eigenvalue weighted by Crippen LogP contribution is -2.46. The molecule has 2 heterocycles. The van der Waals surface area contributed by atoms with Crippen molar-refractivity contribution in [3.05, 3.63) is 86.2 Å². The van der Waals surface area contributed by atoms with Crippen LogP contribution in [-0.4, -0.2) is 46.6 Å². The highest BCUT2D eigenvalue weighted by Crippen LogP contribution is 2.14. The minimum absolute atomic E-state index is 0.0228. The second-order valence-corrected chi connectivity index (χ2v) is 7.90. The number of aromatic nitrogens is 3. The number of hydrogen-bond acceptors (Lipinski definition) is 6. The van der Waals surface area contributed by atoms with Crippen LogP contribution in [0.15, 0.2) is 58.1 Å². The van der Waals surface area contributed by atoms with Gasteiger partial charge in [0.2, 0.25) is 5.69 Å². The van der Waals surface area contributed by atoms with Crippen LogP contribution in [0.5, 0.6) is 5.75 Å². The van der Waals surface area contributed by atoms with Gasteiger partial charge in [-0.25, -0.2) is 4.79 Å². The van der Waals surface area contributed by atoms with Gasteiger partial charge in [0.15, 0.2) is 0 Å². The molecule has 0 unspecified atom stereocenters. The average Bonchev–Trinajstić information content (AvgIpc) is 3.35. The highest BCUT2D eigenvalue weighted by Gasteiger charge is 2.23. The second-order valence-electron chi connectivity index (χ2n) is 7.90. The van der Waals surface area contributed by atoms with Crippen molar-refractivity contribution in [2.24, 2.45) is 0 Å². The van der Waals surface area contributed by atoms with Crippen LogP contribution in [0.2, 0.25) is 0 Å². The number of benzene rings is 2. The Morgan fingerprint density at radius 1 is 1.18 bits per heavy atom. The van der Waals surface area contributed by atoms with Crippen LogP contribution < -0.4 is 21.3 Å². The number of methoxy groups -OCH3 is 1. The first-order valence-corrected chi connectivity index (χ1v) is 10.8. The molecule has 0 bridgehead atoms. The predicted molar refractivity (Wildman–Crippen MR) is 122 cm³/mol. The number of nitrogens with one attached hydrogen (secondary N) is 1. The molecule has 172 valence electrons. The Bertz CT molecular complexity index is 1260. The van der Waals surface area contributed by atoms with E-state index >= 15 is 0 Å². The van der Waals surface area contributed by atoms with E-state index in [1.807, 2.05) is 31.2 Å². The minimum Gasteiger partial charge on any atom is -0.497 e. The van der Waals surface area contributed by atoms with Gasteiger partial charge in [-0.05, 0) is 55.2 Å². The van der Waals surface area contributed by atoms with E-state index in [1.165, 1.54) is 7.11 Å². The second kappa shape index (κ2) is 9.83. The van der Waals surface area contributed by atoms with Crippen LogP contribution in [0.3, 0.4) is 0 Å². The summed E-state index contributed by atoms with van der Waals surface area (Å²) < 4.78 is 12.8. The van der Waals surface area contributed by atoms with E-state index < -0.39 is 17.2 Å². The third kappa shape index (κ3) is 4.88. The zero-order valence-corrected chi connectivity index (χ0v) is 18.6. The van der Waals surface area contributed by atoms with Crippen molar-refractivity contribution in [2.45, 2.75) is 32.4 Å². The van der Waals surface area contributed by atoms with Gasteiger partial charge in [0.1, 0.15) is 5.75 Å². The summed E-state index contributed by atoms with van der Waals surface area (Å²) in [6.07, 6.45) is 1.69. The normalized spacial score (nSPS) is 15.4. The molecule has 1 fully saturated rings. The summed E-state index contributed by atoms with van der Waals surface area (Å²) in [4.78, 5) is 39.4. The van der Waals surface area contributed by atoms with Crippen LogP contribution >= 0.6 is 0 Å². The van der Waals surface area contributed by atoms with E-state index in [-0.39, 0.29) is 24.9 Å². The van der Waals surface area contributed by atoms with E-state index in [0.29, 0.717) is 18.0 Å². The molecule has 4 rings (SSSR count). The number of carbonyl (C=O) groups is 1. The van der Waals surface area contributed by atoms with Crippen LogP contribution in [0.4, 0.5) is 0 Å². The number of amides is 1. The van der Waals surface area contributed by atoms with Gasteiger partial charge in [-0.1, -0.05) is 24.3 Å². The van der Waals surface area contributed by atoms with Crippen molar-refractivity contribution in [3.63, 3.8) is 0 Å². The highest BCUT2D eigenvalue weighted by molar-refractivity contribution is 5.91. The summed E-state index contributed by atoms with van der Waals surface area (Å²) in [5.41, 5.74) is 0.419. The van der Waals surface area contributed by atoms with E-state index in [2.05, 4.69) is 10.4 Å². The molecule has 1 aliphatic rings. The Morgan fingerprint density at radius 3 is 2.61 bits per heavy atom. The number of carbonyl (C=O) groups excluding carboxylic acids is 1. The Kier molecular flexibility index (Phi) is 6.69. The Balaban J connectivity index is 1.77. The van der Waals surface area contributed by atoms with Crippen molar-refractivity contribution in [2.75, 3.05) is 20.3 Å². The van der Waals surface area contributed by atoms with Crippen molar-refractivity contribution in [1.29, 1.82) is 0 Å².